The predicted octanol–water partition coefficient (Wildman–Crippen LogP) is 4.22. The van der Waals surface area contributed by atoms with Crippen LogP contribution in [-0.4, -0.2) is 61.2 Å². The Labute approximate surface area is 222 Å². The summed E-state index contributed by atoms with van der Waals surface area (Å²) in [6, 6.07) is 5.98. The number of thioether (sulfide) groups is 1. The monoisotopic (exact) mass is 612 g/mol. The normalized spacial score (nSPS) is 23.9. The number of aromatic nitrogens is 5. The standard InChI is InChI=1S/C24H30FIN6O2S/c1-2-9-35-24-28-21(13-27-20-12-17(20)14-3-6-19(26)18(25)10-14)22-23(29-24)32(31-30-22)15-4-5-16(11-15)34-8-7-33/h3,6,10,15-17,20,27,33H,2,4-5,7-9,11-13H2,1H3/t15-,16+,17-,20+/m0/s1. The van der Waals surface area contributed by atoms with E-state index < -0.39 is 0 Å². The molecule has 0 spiro atoms. The van der Waals surface area contributed by atoms with Crippen LogP contribution >= 0.6 is 34.4 Å². The van der Waals surface area contributed by atoms with E-state index in [4.69, 9.17) is 19.8 Å². The number of ether oxygens (including phenoxy) is 1. The largest absolute Gasteiger partial charge is 0.394 e. The van der Waals surface area contributed by atoms with E-state index in [1.165, 1.54) is 0 Å². The lowest BCUT2D eigenvalue weighted by atomic mass is 10.1. The molecule has 2 saturated carbocycles. The molecule has 35 heavy (non-hydrogen) atoms. The zero-order valence-electron chi connectivity index (χ0n) is 19.7. The van der Waals surface area contributed by atoms with E-state index in [0.717, 1.165) is 65.4 Å². The van der Waals surface area contributed by atoms with Crippen LogP contribution in [0.4, 0.5) is 4.39 Å². The second-order valence-electron chi connectivity index (χ2n) is 9.19. The summed E-state index contributed by atoms with van der Waals surface area (Å²) in [5.74, 6) is 1.11. The summed E-state index contributed by atoms with van der Waals surface area (Å²) in [6.07, 6.45) is 4.87. The number of hydrogen-bond acceptors (Lipinski definition) is 8. The van der Waals surface area contributed by atoms with Crippen LogP contribution in [0.5, 0.6) is 0 Å². The van der Waals surface area contributed by atoms with Gasteiger partial charge in [0, 0.05) is 27.8 Å². The number of aliphatic hydroxyl groups excluding tert-OH is 1. The van der Waals surface area contributed by atoms with Gasteiger partial charge in [0.15, 0.2) is 16.3 Å². The van der Waals surface area contributed by atoms with Crippen LogP contribution in [0.25, 0.3) is 11.2 Å². The molecule has 1 aromatic carbocycles. The summed E-state index contributed by atoms with van der Waals surface area (Å²) < 4.78 is 22.3. The van der Waals surface area contributed by atoms with Gasteiger partial charge in [-0.05, 0) is 72.4 Å². The van der Waals surface area contributed by atoms with Gasteiger partial charge in [-0.3, -0.25) is 0 Å². The van der Waals surface area contributed by atoms with Crippen LogP contribution in [-0.2, 0) is 11.3 Å². The highest BCUT2D eigenvalue weighted by molar-refractivity contribution is 14.1. The average molecular weight is 613 g/mol. The van der Waals surface area contributed by atoms with Gasteiger partial charge in [-0.1, -0.05) is 30.0 Å². The molecule has 2 heterocycles. The first kappa shape index (κ1) is 25.2. The summed E-state index contributed by atoms with van der Waals surface area (Å²) in [7, 11) is 0. The zero-order chi connectivity index (χ0) is 24.4. The molecule has 0 bridgehead atoms. The lowest BCUT2D eigenvalue weighted by Crippen LogP contribution is -2.19. The molecule has 0 unspecified atom stereocenters. The number of nitrogens with one attached hydrogen (secondary N) is 1. The van der Waals surface area contributed by atoms with Crippen LogP contribution < -0.4 is 5.32 Å². The molecule has 4 atom stereocenters. The van der Waals surface area contributed by atoms with Gasteiger partial charge in [0.25, 0.3) is 0 Å². The van der Waals surface area contributed by atoms with Crippen LogP contribution in [0.3, 0.4) is 0 Å². The van der Waals surface area contributed by atoms with E-state index in [1.54, 1.807) is 17.8 Å². The van der Waals surface area contributed by atoms with Gasteiger partial charge in [-0.25, -0.2) is 19.0 Å². The molecule has 0 aliphatic heterocycles. The average Bonchev–Trinajstić information content (AvgIpc) is 3.27. The molecule has 2 aliphatic rings. The Hall–Kier alpha value is -1.41. The molecule has 5 rings (SSSR count). The smallest absolute Gasteiger partial charge is 0.190 e. The van der Waals surface area contributed by atoms with E-state index >= 15 is 0 Å². The number of aliphatic hydroxyl groups is 1. The van der Waals surface area contributed by atoms with Crippen molar-refractivity contribution in [3.8, 4) is 0 Å². The summed E-state index contributed by atoms with van der Waals surface area (Å²) in [5.41, 5.74) is 3.40. The van der Waals surface area contributed by atoms with Crippen molar-refractivity contribution < 1.29 is 14.2 Å². The fourth-order valence-electron chi connectivity index (χ4n) is 4.76. The summed E-state index contributed by atoms with van der Waals surface area (Å²) in [6.45, 7) is 3.11. The molecule has 0 saturated heterocycles. The van der Waals surface area contributed by atoms with Crippen LogP contribution in [0.1, 0.15) is 62.2 Å². The van der Waals surface area contributed by atoms with Crippen molar-refractivity contribution in [2.24, 2.45) is 0 Å². The first-order chi connectivity index (χ1) is 17.1. The first-order valence-electron chi connectivity index (χ1n) is 12.2. The molecule has 188 valence electrons. The topological polar surface area (TPSA) is 98.0 Å². The van der Waals surface area contributed by atoms with Crippen molar-refractivity contribution in [3.05, 3.63) is 38.8 Å². The van der Waals surface area contributed by atoms with Gasteiger partial charge in [-0.15, -0.1) is 5.10 Å². The highest BCUT2D eigenvalue weighted by Crippen LogP contribution is 2.41. The third-order valence-electron chi connectivity index (χ3n) is 6.65. The molecule has 11 heteroatoms. The fourth-order valence-corrected chi connectivity index (χ4v) is 5.81. The van der Waals surface area contributed by atoms with Gasteiger partial charge in [0.05, 0.1) is 31.1 Å². The number of hydrogen-bond donors (Lipinski definition) is 2. The number of benzene rings is 1. The zero-order valence-corrected chi connectivity index (χ0v) is 22.6. The second kappa shape index (κ2) is 11.3. The number of rotatable bonds is 11. The highest BCUT2D eigenvalue weighted by Gasteiger charge is 2.38. The van der Waals surface area contributed by atoms with Gasteiger partial charge in [-0.2, -0.15) is 0 Å². The minimum Gasteiger partial charge on any atom is -0.394 e. The lowest BCUT2D eigenvalue weighted by Gasteiger charge is -2.13. The first-order valence-corrected chi connectivity index (χ1v) is 14.3. The molecule has 2 aromatic heterocycles. The highest BCUT2D eigenvalue weighted by atomic mass is 127. The Morgan fingerprint density at radius 1 is 1.29 bits per heavy atom. The Morgan fingerprint density at radius 3 is 2.97 bits per heavy atom. The molecule has 2 N–H and O–H groups in total. The van der Waals surface area contributed by atoms with Crippen molar-refractivity contribution in [3.63, 3.8) is 0 Å². The summed E-state index contributed by atoms with van der Waals surface area (Å²) in [5, 5.41) is 22.3. The quantitative estimate of drug-likeness (QED) is 0.189. The Kier molecular flexibility index (Phi) is 8.17. The van der Waals surface area contributed by atoms with Crippen molar-refractivity contribution in [1.82, 2.24) is 30.3 Å². The lowest BCUT2D eigenvalue weighted by molar-refractivity contribution is 0.0309. The molecule has 3 aromatic rings. The van der Waals surface area contributed by atoms with Crippen LogP contribution in [0.2, 0.25) is 0 Å². The van der Waals surface area contributed by atoms with Gasteiger partial charge in [0.1, 0.15) is 5.82 Å². The summed E-state index contributed by atoms with van der Waals surface area (Å²) >= 11 is 3.67. The molecule has 2 aliphatic carbocycles. The molecule has 2 fully saturated rings. The molecule has 0 radical (unpaired) electrons. The van der Waals surface area contributed by atoms with Crippen molar-refractivity contribution in [2.45, 2.75) is 74.8 Å². The van der Waals surface area contributed by atoms with Crippen molar-refractivity contribution in [2.75, 3.05) is 19.0 Å². The van der Waals surface area contributed by atoms with E-state index in [-0.39, 0.29) is 24.6 Å². The minimum absolute atomic E-state index is 0.0371. The number of halogens is 2. The Balaban J connectivity index is 1.32. The SMILES string of the molecule is CCCSc1nc(CN[C@@H]2C[C@H]2c2ccc(I)c(F)c2)c2nnn([C@H]3CC[C@@H](OCCO)C3)c2n1. The van der Waals surface area contributed by atoms with Crippen LogP contribution in [0.15, 0.2) is 23.4 Å². The van der Waals surface area contributed by atoms with Gasteiger partial charge >= 0.3 is 0 Å². The van der Waals surface area contributed by atoms with E-state index in [1.807, 2.05) is 39.4 Å². The second-order valence-corrected chi connectivity index (χ2v) is 11.4. The molecule has 8 nitrogen and oxygen atoms in total. The predicted molar refractivity (Wildman–Crippen MR) is 141 cm³/mol. The maximum atomic E-state index is 14.0. The Morgan fingerprint density at radius 2 is 2.17 bits per heavy atom. The minimum atomic E-state index is -0.156. The van der Waals surface area contributed by atoms with Gasteiger partial charge in [0.2, 0.25) is 0 Å². The van der Waals surface area contributed by atoms with E-state index in [9.17, 15) is 4.39 Å². The third kappa shape index (κ3) is 5.79. The van der Waals surface area contributed by atoms with Crippen LogP contribution in [0, 0.1) is 9.39 Å². The van der Waals surface area contributed by atoms with E-state index in [0.29, 0.717) is 28.7 Å². The van der Waals surface area contributed by atoms with Crippen molar-refractivity contribution in [1.29, 1.82) is 0 Å². The molecule has 0 amide bonds. The maximum Gasteiger partial charge on any atom is 0.190 e. The third-order valence-corrected chi connectivity index (χ3v) is 8.58. The molecular weight excluding hydrogens is 582 g/mol. The summed E-state index contributed by atoms with van der Waals surface area (Å²) in [4.78, 5) is 9.64. The maximum absolute atomic E-state index is 14.0. The number of fused-ring (bicyclic) bond motifs is 1. The van der Waals surface area contributed by atoms with E-state index in [2.05, 4.69) is 22.6 Å². The Bertz CT molecular complexity index is 1180. The molecular formula is C24H30FIN6O2S. The van der Waals surface area contributed by atoms with Crippen molar-refractivity contribution >= 4 is 45.5 Å². The van der Waals surface area contributed by atoms with Gasteiger partial charge < -0.3 is 15.2 Å². The number of nitrogens with zero attached hydrogens (tertiary/aromatic N) is 5. The fraction of sp³-hybridized carbons (Fsp3) is 0.583.